The molecule has 0 saturated heterocycles. The lowest BCUT2D eigenvalue weighted by Gasteiger charge is -2.20. The summed E-state index contributed by atoms with van der Waals surface area (Å²) < 4.78 is 29.3. The maximum absolute atomic E-state index is 11.6. The molecule has 114 valence electrons. The minimum absolute atomic E-state index is 0.113. The number of hydrogen-bond donors (Lipinski definition) is 1. The van der Waals surface area contributed by atoms with Crippen molar-refractivity contribution in [2.45, 2.75) is 26.7 Å². The van der Waals surface area contributed by atoms with Crippen molar-refractivity contribution in [3.05, 3.63) is 0 Å². The van der Waals surface area contributed by atoms with E-state index in [2.05, 4.69) is 5.32 Å². The van der Waals surface area contributed by atoms with Crippen molar-refractivity contribution < 1.29 is 17.9 Å². The summed E-state index contributed by atoms with van der Waals surface area (Å²) in [6.07, 6.45) is 2.59. The molecule has 0 saturated carbocycles. The fourth-order valence-corrected chi connectivity index (χ4v) is 2.21. The third kappa shape index (κ3) is 9.86. The van der Waals surface area contributed by atoms with Crippen LogP contribution in [0, 0.1) is 5.92 Å². The van der Waals surface area contributed by atoms with E-state index in [4.69, 9.17) is 4.74 Å². The van der Waals surface area contributed by atoms with E-state index in [1.54, 1.807) is 7.11 Å². The molecular weight excluding hydrogens is 268 g/mol. The van der Waals surface area contributed by atoms with Crippen LogP contribution < -0.4 is 5.32 Å². The summed E-state index contributed by atoms with van der Waals surface area (Å²) in [5.41, 5.74) is 0. The molecule has 0 rings (SSSR count). The second-order valence-corrected chi connectivity index (χ2v) is 6.96. The van der Waals surface area contributed by atoms with Gasteiger partial charge in [-0.1, -0.05) is 13.8 Å². The lowest BCUT2D eigenvalue weighted by Crippen LogP contribution is -2.41. The number of methoxy groups -OCH3 is 1. The molecule has 0 aliphatic carbocycles. The van der Waals surface area contributed by atoms with Crippen molar-refractivity contribution in [2.75, 3.05) is 39.6 Å². The quantitative estimate of drug-likeness (QED) is 0.593. The van der Waals surface area contributed by atoms with E-state index in [0.717, 1.165) is 12.7 Å². The Kier molecular flexibility index (Phi) is 8.95. The number of nitrogens with one attached hydrogen (secondary N) is 1. The fourth-order valence-electron chi connectivity index (χ4n) is 1.42. The number of hydrogen-bond acceptors (Lipinski definition) is 4. The third-order valence-corrected chi connectivity index (χ3v) is 3.84. The highest BCUT2D eigenvalue weighted by Gasteiger charge is 2.19. The molecule has 1 N–H and O–H groups in total. The summed E-state index contributed by atoms with van der Waals surface area (Å²) in [6, 6.07) is 0. The molecular formula is C12H26N2O4S. The molecule has 0 radical (unpaired) electrons. The maximum Gasteiger partial charge on any atom is 0.235 e. The molecule has 0 spiro atoms. The first-order valence-corrected chi connectivity index (χ1v) is 8.33. The number of nitrogens with zero attached hydrogens (tertiary/aromatic N) is 1. The molecule has 0 heterocycles. The van der Waals surface area contributed by atoms with Crippen LogP contribution >= 0.6 is 0 Å². The van der Waals surface area contributed by atoms with E-state index in [-0.39, 0.29) is 12.5 Å². The second kappa shape index (κ2) is 9.28. The van der Waals surface area contributed by atoms with Crippen molar-refractivity contribution in [2.24, 2.45) is 5.92 Å². The summed E-state index contributed by atoms with van der Waals surface area (Å²) in [7, 11) is -1.75. The Morgan fingerprint density at radius 3 is 2.47 bits per heavy atom. The molecule has 0 unspecified atom stereocenters. The van der Waals surface area contributed by atoms with Crippen LogP contribution in [0.5, 0.6) is 0 Å². The van der Waals surface area contributed by atoms with Gasteiger partial charge < -0.3 is 10.1 Å². The molecule has 0 aromatic carbocycles. The molecule has 0 aromatic heterocycles. The molecule has 6 nitrogen and oxygen atoms in total. The van der Waals surface area contributed by atoms with Crippen molar-refractivity contribution in [3.8, 4) is 0 Å². The van der Waals surface area contributed by atoms with Gasteiger partial charge in [0.25, 0.3) is 0 Å². The van der Waals surface area contributed by atoms with Gasteiger partial charge in [0.05, 0.1) is 12.8 Å². The van der Waals surface area contributed by atoms with Crippen LogP contribution in [-0.2, 0) is 19.6 Å². The zero-order chi connectivity index (χ0) is 14.9. The van der Waals surface area contributed by atoms with Crippen molar-refractivity contribution >= 4 is 15.9 Å². The van der Waals surface area contributed by atoms with Crippen LogP contribution in [0.1, 0.15) is 26.7 Å². The van der Waals surface area contributed by atoms with Crippen molar-refractivity contribution in [1.29, 1.82) is 0 Å². The Hall–Kier alpha value is -0.660. The Labute approximate surface area is 116 Å². The van der Waals surface area contributed by atoms with E-state index in [0.29, 0.717) is 32.0 Å². The SMILES string of the molecule is COCCCNC(=O)CN(CCC(C)C)S(C)(=O)=O. The van der Waals surface area contributed by atoms with Crippen LogP contribution in [0.25, 0.3) is 0 Å². The zero-order valence-electron chi connectivity index (χ0n) is 12.3. The standard InChI is InChI=1S/C12H26N2O4S/c1-11(2)6-8-14(19(4,16)17)10-12(15)13-7-5-9-18-3/h11H,5-10H2,1-4H3,(H,13,15). The van der Waals surface area contributed by atoms with Gasteiger partial charge in [0.15, 0.2) is 0 Å². The van der Waals surface area contributed by atoms with Gasteiger partial charge in [-0.15, -0.1) is 0 Å². The van der Waals surface area contributed by atoms with Crippen molar-refractivity contribution in [3.63, 3.8) is 0 Å². The van der Waals surface area contributed by atoms with Crippen LogP contribution in [0.2, 0.25) is 0 Å². The average Bonchev–Trinajstić information content (AvgIpc) is 2.28. The van der Waals surface area contributed by atoms with E-state index in [1.807, 2.05) is 13.8 Å². The highest BCUT2D eigenvalue weighted by atomic mass is 32.2. The van der Waals surface area contributed by atoms with Gasteiger partial charge in [-0.2, -0.15) is 4.31 Å². The predicted molar refractivity (Wildman–Crippen MR) is 75.4 cm³/mol. The topological polar surface area (TPSA) is 75.7 Å². The molecule has 0 bridgehead atoms. The minimum atomic E-state index is -3.34. The Morgan fingerprint density at radius 2 is 2.00 bits per heavy atom. The molecule has 0 aromatic rings. The third-order valence-electron chi connectivity index (χ3n) is 2.59. The smallest absolute Gasteiger partial charge is 0.235 e. The summed E-state index contributed by atoms with van der Waals surface area (Å²) in [4.78, 5) is 11.6. The summed E-state index contributed by atoms with van der Waals surface area (Å²) in [5.74, 6) is 0.124. The number of sulfonamides is 1. The Morgan fingerprint density at radius 1 is 1.37 bits per heavy atom. The first kappa shape index (κ1) is 18.3. The Bertz CT molecular complexity index is 355. The predicted octanol–water partition coefficient (Wildman–Crippen LogP) is 0.447. The molecule has 19 heavy (non-hydrogen) atoms. The van der Waals surface area contributed by atoms with Crippen molar-refractivity contribution in [1.82, 2.24) is 9.62 Å². The molecule has 0 atom stereocenters. The monoisotopic (exact) mass is 294 g/mol. The highest BCUT2D eigenvalue weighted by molar-refractivity contribution is 7.88. The van der Waals surface area contributed by atoms with Crippen LogP contribution in [0.3, 0.4) is 0 Å². The van der Waals surface area contributed by atoms with E-state index < -0.39 is 10.0 Å². The van der Waals surface area contributed by atoms with Gasteiger partial charge >= 0.3 is 0 Å². The second-order valence-electron chi connectivity index (χ2n) is 4.98. The van der Waals surface area contributed by atoms with Gasteiger partial charge in [-0.05, 0) is 18.8 Å². The lowest BCUT2D eigenvalue weighted by molar-refractivity contribution is -0.121. The molecule has 7 heteroatoms. The van der Waals surface area contributed by atoms with Crippen LogP contribution in [-0.4, -0.2) is 58.2 Å². The van der Waals surface area contributed by atoms with E-state index in [1.165, 1.54) is 4.31 Å². The summed E-state index contributed by atoms with van der Waals surface area (Å²) in [5, 5.41) is 2.68. The normalized spacial score (nSPS) is 12.1. The molecule has 0 aliphatic rings. The van der Waals surface area contributed by atoms with Crippen LogP contribution in [0.4, 0.5) is 0 Å². The number of carbonyl (C=O) groups is 1. The average molecular weight is 294 g/mol. The van der Waals surface area contributed by atoms with Gasteiger partial charge in [0, 0.05) is 26.8 Å². The minimum Gasteiger partial charge on any atom is -0.385 e. The zero-order valence-corrected chi connectivity index (χ0v) is 13.1. The van der Waals surface area contributed by atoms with Gasteiger partial charge in [0.2, 0.25) is 15.9 Å². The van der Waals surface area contributed by atoms with Gasteiger partial charge in [-0.3, -0.25) is 4.79 Å². The maximum atomic E-state index is 11.6. The van der Waals surface area contributed by atoms with Crippen LogP contribution in [0.15, 0.2) is 0 Å². The number of rotatable bonds is 10. The van der Waals surface area contributed by atoms with E-state index >= 15 is 0 Å². The summed E-state index contributed by atoms with van der Waals surface area (Å²) in [6.45, 7) is 5.37. The number of carbonyl (C=O) groups excluding carboxylic acids is 1. The first-order valence-electron chi connectivity index (χ1n) is 6.48. The largest absolute Gasteiger partial charge is 0.385 e. The molecule has 0 aliphatic heterocycles. The fraction of sp³-hybridized carbons (Fsp3) is 0.917. The lowest BCUT2D eigenvalue weighted by atomic mass is 10.1. The number of ether oxygens (including phenoxy) is 1. The number of amides is 1. The summed E-state index contributed by atoms with van der Waals surface area (Å²) >= 11 is 0. The highest BCUT2D eigenvalue weighted by Crippen LogP contribution is 2.05. The molecule has 1 amide bonds. The first-order chi connectivity index (χ1) is 8.77. The molecule has 0 fully saturated rings. The Balaban J connectivity index is 4.21. The van der Waals surface area contributed by atoms with Gasteiger partial charge in [0.1, 0.15) is 0 Å². The van der Waals surface area contributed by atoms with E-state index in [9.17, 15) is 13.2 Å². The van der Waals surface area contributed by atoms with Gasteiger partial charge in [-0.25, -0.2) is 8.42 Å².